The molecule has 27 heavy (non-hydrogen) atoms. The van der Waals surface area contributed by atoms with E-state index in [2.05, 4.69) is 19.9 Å². The fourth-order valence-electron chi connectivity index (χ4n) is 2.89. The number of ketones is 1. The van der Waals surface area contributed by atoms with Gasteiger partial charge in [0.05, 0.1) is 58.8 Å². The first-order valence-electron chi connectivity index (χ1n) is 8.93. The average molecular weight is 364 g/mol. The number of Topliss-reactive ketones (excluding diaryl/α,β-unsaturated/α-hetero) is 1. The summed E-state index contributed by atoms with van der Waals surface area (Å²) >= 11 is 0. The van der Waals surface area contributed by atoms with E-state index in [1.54, 1.807) is 12.2 Å². The van der Waals surface area contributed by atoms with Gasteiger partial charge in [-0.3, -0.25) is 14.8 Å². The van der Waals surface area contributed by atoms with Crippen molar-refractivity contribution in [2.24, 2.45) is 0 Å². The minimum Gasteiger partial charge on any atom is -0.372 e. The number of ether oxygens (including phenoxy) is 1. The highest BCUT2D eigenvalue weighted by Gasteiger charge is 2.22. The van der Waals surface area contributed by atoms with Gasteiger partial charge in [-0.1, -0.05) is 0 Å². The van der Waals surface area contributed by atoms with Crippen LogP contribution in [0.5, 0.6) is 0 Å². The van der Waals surface area contributed by atoms with E-state index in [4.69, 9.17) is 4.74 Å². The Labute approximate surface area is 159 Å². The number of aryl methyl sites for hydroxylation is 6. The molecule has 140 valence electrons. The van der Waals surface area contributed by atoms with Crippen molar-refractivity contribution in [1.82, 2.24) is 19.9 Å². The van der Waals surface area contributed by atoms with Crippen molar-refractivity contribution < 1.29 is 9.53 Å². The Kier molecular flexibility index (Phi) is 5.28. The van der Waals surface area contributed by atoms with Crippen molar-refractivity contribution in [2.75, 3.05) is 13.2 Å². The molecule has 3 rings (SSSR count). The van der Waals surface area contributed by atoms with Crippen molar-refractivity contribution >= 4 is 17.9 Å². The quantitative estimate of drug-likeness (QED) is 0.762. The van der Waals surface area contributed by atoms with E-state index in [1.165, 1.54) is 0 Å². The fourth-order valence-corrected chi connectivity index (χ4v) is 2.89. The van der Waals surface area contributed by atoms with Gasteiger partial charge in [0.15, 0.2) is 5.78 Å². The summed E-state index contributed by atoms with van der Waals surface area (Å²) in [5, 5.41) is 0. The van der Waals surface area contributed by atoms with Crippen molar-refractivity contribution in [2.45, 2.75) is 41.5 Å². The van der Waals surface area contributed by atoms with Crippen LogP contribution >= 0.6 is 0 Å². The summed E-state index contributed by atoms with van der Waals surface area (Å²) in [6.45, 7) is 12.0. The minimum absolute atomic E-state index is 0.0416. The molecule has 0 spiro atoms. The highest BCUT2D eigenvalue weighted by molar-refractivity contribution is 6.14. The second-order valence-corrected chi connectivity index (χ2v) is 6.89. The first-order chi connectivity index (χ1) is 12.8. The van der Waals surface area contributed by atoms with Gasteiger partial charge in [-0.2, -0.15) is 0 Å². The topological polar surface area (TPSA) is 77.9 Å². The second kappa shape index (κ2) is 7.48. The van der Waals surface area contributed by atoms with Crippen molar-refractivity contribution in [3.05, 3.63) is 56.7 Å². The Bertz CT molecular complexity index is 913. The zero-order valence-corrected chi connectivity index (χ0v) is 16.7. The van der Waals surface area contributed by atoms with Crippen LogP contribution < -0.4 is 0 Å². The lowest BCUT2D eigenvalue weighted by Crippen LogP contribution is -2.22. The third-order valence-electron chi connectivity index (χ3n) is 4.76. The van der Waals surface area contributed by atoms with Gasteiger partial charge in [-0.05, 0) is 53.7 Å². The first kappa shape index (κ1) is 19.0. The van der Waals surface area contributed by atoms with Crippen molar-refractivity contribution in [1.29, 1.82) is 0 Å². The summed E-state index contributed by atoms with van der Waals surface area (Å²) in [6, 6.07) is 0. The molecule has 2 aromatic rings. The van der Waals surface area contributed by atoms with E-state index >= 15 is 0 Å². The Hall–Kier alpha value is -2.73. The van der Waals surface area contributed by atoms with Crippen LogP contribution in [0.1, 0.15) is 45.6 Å². The fraction of sp³-hybridized carbons (Fsp3) is 0.381. The van der Waals surface area contributed by atoms with E-state index in [9.17, 15) is 4.79 Å². The molecule has 6 nitrogen and oxygen atoms in total. The van der Waals surface area contributed by atoms with Crippen molar-refractivity contribution in [3.8, 4) is 0 Å². The lowest BCUT2D eigenvalue weighted by Gasteiger charge is -2.18. The number of hydrogen-bond acceptors (Lipinski definition) is 6. The molecule has 0 aromatic carbocycles. The zero-order chi connectivity index (χ0) is 19.7. The minimum atomic E-state index is -0.0416. The molecule has 1 aliphatic heterocycles. The molecule has 0 atom stereocenters. The molecule has 1 aliphatic rings. The van der Waals surface area contributed by atoms with Gasteiger partial charge in [-0.15, -0.1) is 0 Å². The van der Waals surface area contributed by atoms with Crippen LogP contribution in [0.2, 0.25) is 0 Å². The molecule has 0 bridgehead atoms. The van der Waals surface area contributed by atoms with Crippen molar-refractivity contribution in [3.63, 3.8) is 0 Å². The Morgan fingerprint density at radius 2 is 1.00 bits per heavy atom. The predicted octanol–water partition coefficient (Wildman–Crippen LogP) is 3.18. The number of carbonyl (C=O) groups is 1. The highest BCUT2D eigenvalue weighted by Crippen LogP contribution is 2.21. The second-order valence-electron chi connectivity index (χ2n) is 6.89. The maximum Gasteiger partial charge on any atom is 0.189 e. The van der Waals surface area contributed by atoms with Gasteiger partial charge in [-0.25, -0.2) is 9.97 Å². The smallest absolute Gasteiger partial charge is 0.189 e. The number of carbonyl (C=O) groups excluding carboxylic acids is 1. The third-order valence-corrected chi connectivity index (χ3v) is 4.76. The molecule has 0 amide bonds. The highest BCUT2D eigenvalue weighted by atomic mass is 16.5. The van der Waals surface area contributed by atoms with Crippen LogP contribution in [0, 0.1) is 41.5 Å². The Balaban J connectivity index is 1.97. The molecule has 0 aliphatic carbocycles. The molecule has 2 aromatic heterocycles. The van der Waals surface area contributed by atoms with Crippen LogP contribution in [0.25, 0.3) is 12.2 Å². The normalized spacial score (nSPS) is 17.8. The van der Waals surface area contributed by atoms with Crippen LogP contribution in [0.15, 0.2) is 11.1 Å². The Morgan fingerprint density at radius 3 is 1.41 bits per heavy atom. The van der Waals surface area contributed by atoms with Crippen LogP contribution in [0.3, 0.4) is 0 Å². The maximum atomic E-state index is 12.9. The number of rotatable bonds is 2. The van der Waals surface area contributed by atoms with Gasteiger partial charge >= 0.3 is 0 Å². The monoisotopic (exact) mass is 364 g/mol. The molecule has 1 fully saturated rings. The maximum absolute atomic E-state index is 12.9. The largest absolute Gasteiger partial charge is 0.372 e. The molecule has 6 heteroatoms. The number of nitrogens with zero attached hydrogens (tertiary/aromatic N) is 4. The van der Waals surface area contributed by atoms with Crippen LogP contribution in [0.4, 0.5) is 0 Å². The Morgan fingerprint density at radius 1 is 0.630 bits per heavy atom. The molecular formula is C21H24N4O2. The van der Waals surface area contributed by atoms with Gasteiger partial charge in [0.1, 0.15) is 0 Å². The average Bonchev–Trinajstić information content (AvgIpc) is 2.60. The van der Waals surface area contributed by atoms with E-state index in [0.717, 1.165) is 34.2 Å². The molecule has 3 heterocycles. The van der Waals surface area contributed by atoms with E-state index in [-0.39, 0.29) is 19.0 Å². The van der Waals surface area contributed by atoms with Gasteiger partial charge in [0.2, 0.25) is 0 Å². The SMILES string of the molecule is Cc1nc(C)c(/C=C2\COC/C(=C\c3nc(C)c(C)nc3C)C2=O)nc1C. The van der Waals surface area contributed by atoms with E-state index in [1.807, 2.05) is 41.5 Å². The van der Waals surface area contributed by atoms with Gasteiger partial charge in [0.25, 0.3) is 0 Å². The predicted molar refractivity (Wildman–Crippen MR) is 104 cm³/mol. The molecule has 0 unspecified atom stereocenters. The van der Waals surface area contributed by atoms with E-state index in [0.29, 0.717) is 22.5 Å². The number of hydrogen-bond donors (Lipinski definition) is 0. The molecule has 0 saturated carbocycles. The van der Waals surface area contributed by atoms with Crippen LogP contribution in [-0.2, 0) is 9.53 Å². The first-order valence-corrected chi connectivity index (χ1v) is 8.93. The zero-order valence-electron chi connectivity index (χ0n) is 16.7. The summed E-state index contributed by atoms with van der Waals surface area (Å²) in [4.78, 5) is 31.0. The summed E-state index contributed by atoms with van der Waals surface area (Å²) in [7, 11) is 0. The van der Waals surface area contributed by atoms with Gasteiger partial charge in [0, 0.05) is 11.1 Å². The third kappa shape index (κ3) is 4.01. The lowest BCUT2D eigenvalue weighted by molar-refractivity contribution is -0.114. The van der Waals surface area contributed by atoms with Crippen LogP contribution in [-0.4, -0.2) is 38.9 Å². The number of aromatic nitrogens is 4. The molecular weight excluding hydrogens is 340 g/mol. The lowest BCUT2D eigenvalue weighted by atomic mass is 9.99. The summed E-state index contributed by atoms with van der Waals surface area (Å²) in [5.74, 6) is -0.0416. The molecule has 0 N–H and O–H groups in total. The summed E-state index contributed by atoms with van der Waals surface area (Å²) < 4.78 is 5.64. The molecule has 1 saturated heterocycles. The summed E-state index contributed by atoms with van der Waals surface area (Å²) in [6.07, 6.45) is 3.56. The summed E-state index contributed by atoms with van der Waals surface area (Å²) in [5.41, 5.74) is 7.64. The van der Waals surface area contributed by atoms with E-state index < -0.39 is 0 Å². The molecule has 0 radical (unpaired) electrons. The van der Waals surface area contributed by atoms with Gasteiger partial charge < -0.3 is 4.74 Å². The standard InChI is InChI=1S/C21H24N4O2/c1-11-13(3)24-19(15(5)22-11)7-17-9-27-10-18(21(17)26)8-20-16(6)23-12(2)14(4)25-20/h7-8H,9-10H2,1-6H3/b17-7+,18-8+.